The van der Waals surface area contributed by atoms with Gasteiger partial charge < -0.3 is 9.47 Å². The summed E-state index contributed by atoms with van der Waals surface area (Å²) in [5.74, 6) is 0. The normalized spacial score (nSPS) is 28.6. The Morgan fingerprint density at radius 3 is 2.69 bits per heavy atom. The van der Waals surface area contributed by atoms with E-state index in [-0.39, 0.29) is 6.10 Å². The van der Waals surface area contributed by atoms with Gasteiger partial charge >= 0.3 is 0 Å². The van der Waals surface area contributed by atoms with E-state index < -0.39 is 0 Å². The van der Waals surface area contributed by atoms with Crippen LogP contribution in [0.15, 0.2) is 11.8 Å². The predicted octanol–water partition coefficient (Wildman–Crippen LogP) is 3.81. The monoisotopic (exact) mass is 224 g/mol. The largest absolute Gasteiger partial charge is 0.496 e. The first kappa shape index (κ1) is 12.0. The molecule has 0 aromatic rings. The van der Waals surface area contributed by atoms with Crippen LogP contribution >= 0.6 is 0 Å². The van der Waals surface area contributed by atoms with Crippen LogP contribution < -0.4 is 0 Å². The molecule has 0 amide bonds. The maximum atomic E-state index is 5.83. The Kier molecular flexibility index (Phi) is 4.70. The highest BCUT2D eigenvalue weighted by molar-refractivity contribution is 5.00. The molecule has 1 aliphatic carbocycles. The summed E-state index contributed by atoms with van der Waals surface area (Å²) in [5.41, 5.74) is 1.49. The Morgan fingerprint density at radius 2 is 2.00 bits per heavy atom. The van der Waals surface area contributed by atoms with Gasteiger partial charge in [0.1, 0.15) is 6.10 Å². The smallest absolute Gasteiger partial charge is 0.121 e. The lowest BCUT2D eigenvalue weighted by atomic mass is 9.96. The minimum atomic E-state index is 0.217. The molecule has 1 aliphatic heterocycles. The van der Waals surface area contributed by atoms with Crippen LogP contribution in [0.5, 0.6) is 0 Å². The van der Waals surface area contributed by atoms with Crippen LogP contribution in [-0.4, -0.2) is 18.8 Å². The van der Waals surface area contributed by atoms with E-state index in [1.807, 2.05) is 6.26 Å². The summed E-state index contributed by atoms with van der Waals surface area (Å²) >= 11 is 0. The molecule has 2 atom stereocenters. The molecule has 1 heterocycles. The molecule has 0 spiro atoms. The van der Waals surface area contributed by atoms with Crippen molar-refractivity contribution in [2.24, 2.45) is 0 Å². The minimum Gasteiger partial charge on any atom is -0.496 e. The molecule has 0 N–H and O–H groups in total. The first-order valence-electron chi connectivity index (χ1n) is 6.81. The predicted molar refractivity (Wildman–Crippen MR) is 65.3 cm³/mol. The molecule has 2 fully saturated rings. The molecule has 0 radical (unpaired) electrons. The Bertz CT molecular complexity index is 221. The van der Waals surface area contributed by atoms with E-state index in [1.165, 1.54) is 50.5 Å². The van der Waals surface area contributed by atoms with Crippen LogP contribution in [0.3, 0.4) is 0 Å². The van der Waals surface area contributed by atoms with Crippen LogP contribution in [0.25, 0.3) is 0 Å². The van der Waals surface area contributed by atoms with Gasteiger partial charge in [-0.3, -0.25) is 0 Å². The minimum absolute atomic E-state index is 0.217. The highest BCUT2D eigenvalue weighted by atomic mass is 16.5. The quantitative estimate of drug-likeness (QED) is 0.679. The number of rotatable bonds is 3. The number of ether oxygens (including phenoxy) is 2. The van der Waals surface area contributed by atoms with Gasteiger partial charge in [-0.25, -0.2) is 0 Å². The zero-order valence-electron chi connectivity index (χ0n) is 10.4. The van der Waals surface area contributed by atoms with Crippen LogP contribution in [0.1, 0.15) is 58.3 Å². The topological polar surface area (TPSA) is 18.5 Å². The second-order valence-electron chi connectivity index (χ2n) is 5.08. The van der Waals surface area contributed by atoms with Gasteiger partial charge in [0.25, 0.3) is 0 Å². The summed E-state index contributed by atoms with van der Waals surface area (Å²) in [4.78, 5) is 0. The second kappa shape index (κ2) is 6.29. The highest BCUT2D eigenvalue weighted by Gasteiger charge is 2.21. The first-order valence-corrected chi connectivity index (χ1v) is 6.81. The van der Waals surface area contributed by atoms with E-state index in [9.17, 15) is 0 Å². The molecule has 2 rings (SSSR count). The number of allylic oxidation sites excluding steroid dienone is 1. The molecule has 1 saturated heterocycles. The number of hydrogen-bond donors (Lipinski definition) is 0. The van der Waals surface area contributed by atoms with Crippen LogP contribution in [0.2, 0.25) is 0 Å². The van der Waals surface area contributed by atoms with Crippen molar-refractivity contribution in [1.29, 1.82) is 0 Å². The lowest BCUT2D eigenvalue weighted by Crippen LogP contribution is -2.31. The summed E-state index contributed by atoms with van der Waals surface area (Å²) in [5, 5.41) is 0. The van der Waals surface area contributed by atoms with Crippen molar-refractivity contribution in [3.8, 4) is 0 Å². The fourth-order valence-corrected chi connectivity index (χ4v) is 2.55. The van der Waals surface area contributed by atoms with Gasteiger partial charge in [-0.2, -0.15) is 0 Å². The fraction of sp³-hybridized carbons (Fsp3) is 0.857. The summed E-state index contributed by atoms with van der Waals surface area (Å²) in [7, 11) is 0. The Hall–Kier alpha value is -0.500. The summed E-state index contributed by atoms with van der Waals surface area (Å²) < 4.78 is 11.6. The van der Waals surface area contributed by atoms with Crippen molar-refractivity contribution in [3.05, 3.63) is 11.8 Å². The molecular formula is C14H24O2. The molecule has 2 aliphatic rings. The third-order valence-electron chi connectivity index (χ3n) is 3.68. The average Bonchev–Trinajstić information content (AvgIpc) is 2.38. The summed E-state index contributed by atoms with van der Waals surface area (Å²) in [6, 6.07) is 0. The van der Waals surface area contributed by atoms with Gasteiger partial charge in [-0.1, -0.05) is 6.42 Å². The summed E-state index contributed by atoms with van der Waals surface area (Å²) in [6.45, 7) is 3.05. The second-order valence-corrected chi connectivity index (χ2v) is 5.08. The molecule has 0 aromatic carbocycles. The molecule has 2 heteroatoms. The standard InChI is InChI=1S/C14H24O2/c1-12(14-9-5-6-10-15-14)16-11-13-7-3-2-4-8-13/h11-12,14H,2-10H2,1H3. The van der Waals surface area contributed by atoms with E-state index in [1.54, 1.807) is 0 Å². The Labute approximate surface area is 99.0 Å². The van der Waals surface area contributed by atoms with Gasteiger partial charge in [-0.15, -0.1) is 0 Å². The van der Waals surface area contributed by atoms with Gasteiger partial charge in [0.15, 0.2) is 0 Å². The van der Waals surface area contributed by atoms with Gasteiger partial charge in [0.05, 0.1) is 12.4 Å². The van der Waals surface area contributed by atoms with Crippen LogP contribution in [-0.2, 0) is 9.47 Å². The first-order chi connectivity index (χ1) is 7.86. The zero-order valence-corrected chi connectivity index (χ0v) is 10.4. The SMILES string of the molecule is CC(OC=C1CCCCC1)C1CCCCO1. The van der Waals surface area contributed by atoms with E-state index >= 15 is 0 Å². The lowest BCUT2D eigenvalue weighted by molar-refractivity contribution is -0.0596. The zero-order chi connectivity index (χ0) is 11.2. The van der Waals surface area contributed by atoms with Crippen molar-refractivity contribution < 1.29 is 9.47 Å². The van der Waals surface area contributed by atoms with Crippen molar-refractivity contribution >= 4 is 0 Å². The molecule has 16 heavy (non-hydrogen) atoms. The molecule has 2 unspecified atom stereocenters. The van der Waals surface area contributed by atoms with E-state index in [0.717, 1.165) is 13.0 Å². The van der Waals surface area contributed by atoms with Gasteiger partial charge in [0, 0.05) is 6.61 Å². The fourth-order valence-electron chi connectivity index (χ4n) is 2.55. The maximum Gasteiger partial charge on any atom is 0.121 e. The Balaban J connectivity index is 1.74. The van der Waals surface area contributed by atoms with E-state index in [2.05, 4.69) is 6.92 Å². The van der Waals surface area contributed by atoms with Crippen molar-refractivity contribution in [2.75, 3.05) is 6.61 Å². The van der Waals surface area contributed by atoms with E-state index in [0.29, 0.717) is 6.10 Å². The molecule has 0 bridgehead atoms. The van der Waals surface area contributed by atoms with Crippen molar-refractivity contribution in [1.82, 2.24) is 0 Å². The molecule has 1 saturated carbocycles. The molecule has 0 aromatic heterocycles. The third kappa shape index (κ3) is 3.51. The van der Waals surface area contributed by atoms with Crippen molar-refractivity contribution in [3.63, 3.8) is 0 Å². The van der Waals surface area contributed by atoms with Gasteiger partial charge in [-0.05, 0) is 57.4 Å². The molecular weight excluding hydrogens is 200 g/mol. The van der Waals surface area contributed by atoms with Gasteiger partial charge in [0.2, 0.25) is 0 Å². The number of hydrogen-bond acceptors (Lipinski definition) is 2. The third-order valence-corrected chi connectivity index (χ3v) is 3.68. The van der Waals surface area contributed by atoms with Crippen LogP contribution in [0.4, 0.5) is 0 Å². The Morgan fingerprint density at radius 1 is 1.19 bits per heavy atom. The highest BCUT2D eigenvalue weighted by Crippen LogP contribution is 2.24. The molecule has 2 nitrogen and oxygen atoms in total. The lowest BCUT2D eigenvalue weighted by Gasteiger charge is -2.28. The average molecular weight is 224 g/mol. The van der Waals surface area contributed by atoms with Crippen molar-refractivity contribution in [2.45, 2.75) is 70.5 Å². The van der Waals surface area contributed by atoms with Crippen LogP contribution in [0, 0.1) is 0 Å². The molecule has 92 valence electrons. The van der Waals surface area contributed by atoms with E-state index in [4.69, 9.17) is 9.47 Å². The maximum absolute atomic E-state index is 5.83. The summed E-state index contributed by atoms with van der Waals surface area (Å²) in [6.07, 6.45) is 12.7.